The van der Waals surface area contributed by atoms with E-state index in [4.69, 9.17) is 0 Å². The predicted molar refractivity (Wildman–Crippen MR) is 75.5 cm³/mol. The predicted octanol–water partition coefficient (Wildman–Crippen LogP) is 2.96. The fraction of sp³-hybridized carbons (Fsp3) is 0.714. The van der Waals surface area contributed by atoms with E-state index in [1.807, 2.05) is 11.3 Å². The summed E-state index contributed by atoms with van der Waals surface area (Å²) in [6.45, 7) is 4.82. The highest BCUT2D eigenvalue weighted by Crippen LogP contribution is 2.18. The highest BCUT2D eigenvalue weighted by atomic mass is 32.1. The van der Waals surface area contributed by atoms with Gasteiger partial charge in [0.25, 0.3) is 0 Å². The smallest absolute Gasteiger partial charge is 0.0324 e. The third kappa shape index (κ3) is 4.78. The van der Waals surface area contributed by atoms with Gasteiger partial charge in [0.2, 0.25) is 0 Å². The number of thiophene rings is 1. The maximum Gasteiger partial charge on any atom is 0.0324 e. The van der Waals surface area contributed by atoms with Crippen molar-refractivity contribution in [2.45, 2.75) is 32.2 Å². The van der Waals surface area contributed by atoms with E-state index in [9.17, 15) is 0 Å². The molecule has 0 radical (unpaired) electrons. The van der Waals surface area contributed by atoms with Crippen molar-refractivity contribution >= 4 is 11.3 Å². The Morgan fingerprint density at radius 2 is 2.24 bits per heavy atom. The van der Waals surface area contributed by atoms with Crippen molar-refractivity contribution < 1.29 is 0 Å². The fourth-order valence-corrected chi connectivity index (χ4v) is 3.35. The summed E-state index contributed by atoms with van der Waals surface area (Å²) in [7, 11) is 2.24. The molecular formula is C14H24N2S. The largest absolute Gasteiger partial charge is 0.317 e. The molecule has 17 heavy (non-hydrogen) atoms. The van der Waals surface area contributed by atoms with Crippen LogP contribution in [0.25, 0.3) is 0 Å². The molecule has 0 aromatic carbocycles. The Morgan fingerprint density at radius 3 is 2.94 bits per heavy atom. The van der Waals surface area contributed by atoms with Gasteiger partial charge in [0.1, 0.15) is 0 Å². The number of rotatable bonds is 6. The fourth-order valence-electron chi connectivity index (χ4n) is 2.57. The standard InChI is InChI=1S/C14H24N2S/c1-16(12-14-5-3-11-17-14)10-2-4-13-6-8-15-9-7-13/h3,5,11,13,15H,2,4,6-10,12H2,1H3. The van der Waals surface area contributed by atoms with Crippen LogP contribution in [0.15, 0.2) is 17.5 Å². The quantitative estimate of drug-likeness (QED) is 0.837. The molecule has 0 unspecified atom stereocenters. The zero-order chi connectivity index (χ0) is 11.9. The van der Waals surface area contributed by atoms with E-state index in [-0.39, 0.29) is 0 Å². The van der Waals surface area contributed by atoms with E-state index < -0.39 is 0 Å². The van der Waals surface area contributed by atoms with Gasteiger partial charge in [-0.3, -0.25) is 0 Å². The normalized spacial score (nSPS) is 17.8. The highest BCUT2D eigenvalue weighted by Gasteiger charge is 2.12. The molecule has 0 bridgehead atoms. The zero-order valence-corrected chi connectivity index (χ0v) is 11.6. The van der Waals surface area contributed by atoms with Gasteiger partial charge in [-0.2, -0.15) is 0 Å². The summed E-state index contributed by atoms with van der Waals surface area (Å²) < 4.78 is 0. The minimum absolute atomic E-state index is 0.978. The van der Waals surface area contributed by atoms with Crippen molar-refractivity contribution in [1.29, 1.82) is 0 Å². The van der Waals surface area contributed by atoms with Crippen molar-refractivity contribution in [1.82, 2.24) is 10.2 Å². The minimum atomic E-state index is 0.978. The van der Waals surface area contributed by atoms with Crippen LogP contribution in [0.2, 0.25) is 0 Å². The Kier molecular flexibility index (Phi) is 5.49. The molecular weight excluding hydrogens is 228 g/mol. The van der Waals surface area contributed by atoms with E-state index in [1.165, 1.54) is 50.2 Å². The minimum Gasteiger partial charge on any atom is -0.317 e. The van der Waals surface area contributed by atoms with Crippen LogP contribution >= 0.6 is 11.3 Å². The second-order valence-corrected chi connectivity index (χ2v) is 6.18. The lowest BCUT2D eigenvalue weighted by Gasteiger charge is -2.23. The SMILES string of the molecule is CN(CCCC1CCNCC1)Cc1cccs1. The first kappa shape index (κ1) is 13.1. The number of hydrogen-bond donors (Lipinski definition) is 1. The third-order valence-corrected chi connectivity index (χ3v) is 4.48. The van der Waals surface area contributed by atoms with Crippen molar-refractivity contribution in [3.63, 3.8) is 0 Å². The van der Waals surface area contributed by atoms with Crippen LogP contribution in [0.4, 0.5) is 0 Å². The molecule has 96 valence electrons. The number of nitrogens with one attached hydrogen (secondary N) is 1. The van der Waals surface area contributed by atoms with Crippen molar-refractivity contribution in [3.8, 4) is 0 Å². The first-order valence-electron chi connectivity index (χ1n) is 6.76. The third-order valence-electron chi connectivity index (χ3n) is 3.62. The summed E-state index contributed by atoms with van der Waals surface area (Å²) >= 11 is 1.86. The van der Waals surface area contributed by atoms with Crippen LogP contribution in [0.1, 0.15) is 30.6 Å². The Hall–Kier alpha value is -0.380. The summed E-state index contributed by atoms with van der Waals surface area (Å²) in [5.41, 5.74) is 0. The van der Waals surface area contributed by atoms with Gasteiger partial charge in [-0.15, -0.1) is 11.3 Å². The van der Waals surface area contributed by atoms with Gasteiger partial charge < -0.3 is 10.2 Å². The molecule has 1 aliphatic heterocycles. The maximum atomic E-state index is 3.43. The number of nitrogens with zero attached hydrogens (tertiary/aromatic N) is 1. The lowest BCUT2D eigenvalue weighted by Crippen LogP contribution is -2.28. The molecule has 1 fully saturated rings. The molecule has 0 atom stereocenters. The van der Waals surface area contributed by atoms with E-state index >= 15 is 0 Å². The molecule has 1 aliphatic rings. The second kappa shape index (κ2) is 7.14. The summed E-state index contributed by atoms with van der Waals surface area (Å²) in [6, 6.07) is 4.37. The average Bonchev–Trinajstić information content (AvgIpc) is 2.83. The van der Waals surface area contributed by atoms with Gasteiger partial charge in [0.15, 0.2) is 0 Å². The highest BCUT2D eigenvalue weighted by molar-refractivity contribution is 7.09. The molecule has 2 nitrogen and oxygen atoms in total. The molecule has 0 saturated carbocycles. The van der Waals surface area contributed by atoms with Crippen LogP contribution in [0.5, 0.6) is 0 Å². The van der Waals surface area contributed by atoms with Gasteiger partial charge in [-0.05, 0) is 69.7 Å². The molecule has 1 aromatic rings. The van der Waals surface area contributed by atoms with Crippen LogP contribution in [0.3, 0.4) is 0 Å². The van der Waals surface area contributed by atoms with Crippen molar-refractivity contribution in [2.24, 2.45) is 5.92 Å². The Labute approximate surface area is 109 Å². The Bertz CT molecular complexity index is 291. The topological polar surface area (TPSA) is 15.3 Å². The number of hydrogen-bond acceptors (Lipinski definition) is 3. The zero-order valence-electron chi connectivity index (χ0n) is 10.8. The van der Waals surface area contributed by atoms with Gasteiger partial charge in [-0.1, -0.05) is 6.07 Å². The monoisotopic (exact) mass is 252 g/mol. The molecule has 2 rings (SSSR count). The summed E-state index contributed by atoms with van der Waals surface area (Å²) in [5, 5.41) is 5.60. The summed E-state index contributed by atoms with van der Waals surface area (Å²) in [6.07, 6.45) is 5.53. The first-order valence-corrected chi connectivity index (χ1v) is 7.64. The Morgan fingerprint density at radius 1 is 1.41 bits per heavy atom. The molecule has 1 saturated heterocycles. The van der Waals surface area contributed by atoms with Crippen molar-refractivity contribution in [2.75, 3.05) is 26.7 Å². The lowest BCUT2D eigenvalue weighted by molar-refractivity contribution is 0.287. The average molecular weight is 252 g/mol. The maximum absolute atomic E-state index is 3.43. The van der Waals surface area contributed by atoms with Crippen molar-refractivity contribution in [3.05, 3.63) is 22.4 Å². The lowest BCUT2D eigenvalue weighted by atomic mass is 9.93. The van der Waals surface area contributed by atoms with Gasteiger partial charge in [-0.25, -0.2) is 0 Å². The first-order chi connectivity index (χ1) is 8.34. The van der Waals surface area contributed by atoms with Crippen LogP contribution in [-0.2, 0) is 6.54 Å². The molecule has 0 spiro atoms. The molecule has 1 aromatic heterocycles. The van der Waals surface area contributed by atoms with Crippen LogP contribution in [0, 0.1) is 5.92 Å². The van der Waals surface area contributed by atoms with E-state index in [2.05, 4.69) is 34.8 Å². The number of piperidine rings is 1. The van der Waals surface area contributed by atoms with Crippen LogP contribution < -0.4 is 5.32 Å². The molecule has 0 aliphatic carbocycles. The molecule has 1 N–H and O–H groups in total. The second-order valence-electron chi connectivity index (χ2n) is 5.15. The molecule has 3 heteroatoms. The Balaban J connectivity index is 1.58. The summed E-state index contributed by atoms with van der Waals surface area (Å²) in [4.78, 5) is 3.93. The van der Waals surface area contributed by atoms with Crippen LogP contribution in [-0.4, -0.2) is 31.6 Å². The van der Waals surface area contributed by atoms with Gasteiger partial charge in [0, 0.05) is 11.4 Å². The van der Waals surface area contributed by atoms with E-state index in [0.29, 0.717) is 0 Å². The van der Waals surface area contributed by atoms with E-state index in [1.54, 1.807) is 0 Å². The van der Waals surface area contributed by atoms with Gasteiger partial charge >= 0.3 is 0 Å². The molecule has 2 heterocycles. The van der Waals surface area contributed by atoms with E-state index in [0.717, 1.165) is 12.5 Å². The summed E-state index contributed by atoms with van der Waals surface area (Å²) in [5.74, 6) is 0.978. The van der Waals surface area contributed by atoms with Gasteiger partial charge in [0.05, 0.1) is 0 Å². The molecule has 0 amide bonds.